The van der Waals surface area contributed by atoms with Gasteiger partial charge in [0.25, 0.3) is 0 Å². The molecular weight excluding hydrogens is 234 g/mol. The molecule has 1 aliphatic heterocycles. The van der Waals surface area contributed by atoms with Crippen molar-refractivity contribution in [2.45, 2.75) is 45.4 Å². The minimum atomic E-state index is -0.583. The van der Waals surface area contributed by atoms with Gasteiger partial charge in [-0.05, 0) is 33.8 Å². The molecule has 0 aromatic carbocycles. The molecule has 6 heteroatoms. The molecule has 0 radical (unpaired) electrons. The van der Waals surface area contributed by atoms with Gasteiger partial charge in [0.1, 0.15) is 5.82 Å². The lowest BCUT2D eigenvalue weighted by atomic mass is 9.83. The van der Waals surface area contributed by atoms with Gasteiger partial charge in [0, 0.05) is 12.1 Å². The molecule has 1 fully saturated rings. The minimum Gasteiger partial charge on any atom is -0.398 e. The Morgan fingerprint density at radius 2 is 1.83 bits per heavy atom. The first-order valence-corrected chi connectivity index (χ1v) is 5.97. The number of aromatic nitrogens is 1. The number of hydrogen-bond donors (Lipinski definition) is 1. The van der Waals surface area contributed by atoms with Gasteiger partial charge in [-0.3, -0.25) is 4.98 Å². The molecule has 2 rings (SSSR count). The lowest BCUT2D eigenvalue weighted by Crippen LogP contribution is -2.41. The quantitative estimate of drug-likeness (QED) is 0.797. The summed E-state index contributed by atoms with van der Waals surface area (Å²) in [5, 5.41) is 0. The third-order valence-electron chi connectivity index (χ3n) is 3.67. The lowest BCUT2D eigenvalue weighted by Gasteiger charge is -2.32. The summed E-state index contributed by atoms with van der Waals surface area (Å²) in [7, 11) is -0.583. The van der Waals surface area contributed by atoms with E-state index in [1.807, 2.05) is 27.7 Å². The summed E-state index contributed by atoms with van der Waals surface area (Å²) >= 11 is 0. The van der Waals surface area contributed by atoms with Gasteiger partial charge in [0.05, 0.1) is 23.0 Å². The first-order valence-electron chi connectivity index (χ1n) is 5.97. The van der Waals surface area contributed by atoms with Crippen molar-refractivity contribution in [3.63, 3.8) is 0 Å². The fourth-order valence-corrected chi connectivity index (χ4v) is 1.75. The van der Waals surface area contributed by atoms with Gasteiger partial charge in [-0.1, -0.05) is 0 Å². The van der Waals surface area contributed by atoms with Gasteiger partial charge in [-0.25, -0.2) is 4.39 Å². The highest BCUT2D eigenvalue weighted by Gasteiger charge is 2.52. The number of nitrogens with zero attached hydrogens (tertiary/aromatic N) is 1. The maximum absolute atomic E-state index is 13.3. The fourth-order valence-electron chi connectivity index (χ4n) is 1.75. The van der Waals surface area contributed by atoms with Gasteiger partial charge in [0.2, 0.25) is 0 Å². The molecule has 1 saturated heterocycles. The molecule has 0 atom stereocenters. The third kappa shape index (κ3) is 2.16. The number of nitrogens with two attached hydrogens (primary N) is 1. The minimum absolute atomic E-state index is 0.126. The molecule has 0 amide bonds. The van der Waals surface area contributed by atoms with E-state index in [0.717, 1.165) is 6.20 Å². The van der Waals surface area contributed by atoms with E-state index >= 15 is 0 Å². The van der Waals surface area contributed by atoms with Crippen molar-refractivity contribution in [1.29, 1.82) is 0 Å². The van der Waals surface area contributed by atoms with Gasteiger partial charge in [-0.15, -0.1) is 0 Å². The molecule has 0 bridgehead atoms. The molecule has 1 aromatic rings. The molecule has 0 aliphatic carbocycles. The van der Waals surface area contributed by atoms with E-state index in [1.165, 1.54) is 0 Å². The number of pyridine rings is 1. The summed E-state index contributed by atoms with van der Waals surface area (Å²) in [6, 6.07) is 1.59. The zero-order valence-corrected chi connectivity index (χ0v) is 11.2. The Labute approximate surface area is 107 Å². The zero-order valence-electron chi connectivity index (χ0n) is 11.2. The van der Waals surface area contributed by atoms with Crippen molar-refractivity contribution in [2.24, 2.45) is 5.73 Å². The Balaban J connectivity index is 2.30. The van der Waals surface area contributed by atoms with Crippen LogP contribution < -0.4 is 11.3 Å². The molecule has 2 heterocycles. The fraction of sp³-hybridized carbons (Fsp3) is 0.583. The molecule has 18 heavy (non-hydrogen) atoms. The highest BCUT2D eigenvalue weighted by molar-refractivity contribution is 6.61. The molecular formula is C12H18BFN2O2. The van der Waals surface area contributed by atoms with Gasteiger partial charge in [0.15, 0.2) is 0 Å². The standard InChI is InChI=1S/C12H18BFN2O2/c1-11(2)12(3,4)18-13(17-11)10-5-8(6-15)9(14)7-16-10/h5,7H,6,15H2,1-4H3. The molecule has 4 nitrogen and oxygen atoms in total. The molecule has 1 aliphatic rings. The smallest absolute Gasteiger partial charge is 0.398 e. The lowest BCUT2D eigenvalue weighted by molar-refractivity contribution is 0.00578. The first-order chi connectivity index (χ1) is 8.27. The van der Waals surface area contributed by atoms with E-state index < -0.39 is 24.1 Å². The van der Waals surface area contributed by atoms with E-state index in [4.69, 9.17) is 15.0 Å². The molecule has 0 saturated carbocycles. The van der Waals surface area contributed by atoms with Gasteiger partial charge >= 0.3 is 7.12 Å². The normalized spacial score (nSPS) is 21.3. The predicted octanol–water partition coefficient (Wildman–Crippen LogP) is 0.979. The van der Waals surface area contributed by atoms with E-state index in [9.17, 15) is 4.39 Å². The van der Waals surface area contributed by atoms with Gasteiger partial charge in [-0.2, -0.15) is 0 Å². The molecule has 98 valence electrons. The predicted molar refractivity (Wildman–Crippen MR) is 67.8 cm³/mol. The Morgan fingerprint density at radius 3 is 2.33 bits per heavy atom. The summed E-state index contributed by atoms with van der Waals surface area (Å²) in [6.07, 6.45) is 1.16. The van der Waals surface area contributed by atoms with Crippen LogP contribution in [0, 0.1) is 5.82 Å². The topological polar surface area (TPSA) is 57.4 Å². The van der Waals surface area contributed by atoms with Gasteiger partial charge < -0.3 is 15.0 Å². The number of rotatable bonds is 2. The van der Waals surface area contributed by atoms with Crippen LogP contribution in [0.1, 0.15) is 33.3 Å². The van der Waals surface area contributed by atoms with Crippen LogP contribution in [0.15, 0.2) is 12.3 Å². The van der Waals surface area contributed by atoms with Crippen molar-refractivity contribution in [1.82, 2.24) is 4.98 Å². The number of hydrogen-bond acceptors (Lipinski definition) is 4. The van der Waals surface area contributed by atoms with Crippen molar-refractivity contribution in [3.05, 3.63) is 23.6 Å². The van der Waals surface area contributed by atoms with E-state index in [1.54, 1.807) is 6.07 Å². The molecule has 0 unspecified atom stereocenters. The van der Waals surface area contributed by atoms with Crippen LogP contribution in [0.3, 0.4) is 0 Å². The maximum Gasteiger partial charge on any atom is 0.514 e. The summed E-state index contributed by atoms with van der Waals surface area (Å²) < 4.78 is 25.0. The summed E-state index contributed by atoms with van der Waals surface area (Å²) in [6.45, 7) is 7.96. The first kappa shape index (κ1) is 13.5. The van der Waals surface area contributed by atoms with Crippen molar-refractivity contribution in [3.8, 4) is 0 Å². The van der Waals surface area contributed by atoms with Crippen molar-refractivity contribution < 1.29 is 13.7 Å². The number of halogens is 1. The zero-order chi connectivity index (χ0) is 13.6. The van der Waals surface area contributed by atoms with Crippen LogP contribution >= 0.6 is 0 Å². The van der Waals surface area contributed by atoms with Crippen molar-refractivity contribution >= 4 is 12.7 Å². The maximum atomic E-state index is 13.3. The molecule has 0 spiro atoms. The molecule has 1 aromatic heterocycles. The van der Waals surface area contributed by atoms with E-state index in [2.05, 4.69) is 4.98 Å². The SMILES string of the molecule is CC1(C)OB(c2cc(CN)c(F)cn2)OC1(C)C. The highest BCUT2D eigenvalue weighted by Crippen LogP contribution is 2.36. The van der Waals surface area contributed by atoms with E-state index in [0.29, 0.717) is 11.2 Å². The van der Waals surface area contributed by atoms with E-state index in [-0.39, 0.29) is 6.54 Å². The second-order valence-electron chi connectivity index (χ2n) is 5.49. The highest BCUT2D eigenvalue weighted by atomic mass is 19.1. The Hall–Kier alpha value is -0.975. The third-order valence-corrected chi connectivity index (χ3v) is 3.67. The molecule has 2 N–H and O–H groups in total. The summed E-state index contributed by atoms with van der Waals surface area (Å²) in [4.78, 5) is 4.02. The largest absolute Gasteiger partial charge is 0.514 e. The summed E-state index contributed by atoms with van der Waals surface area (Å²) in [5.74, 6) is -0.405. The average molecular weight is 252 g/mol. The Bertz CT molecular complexity index is 449. The monoisotopic (exact) mass is 252 g/mol. The van der Waals surface area contributed by atoms with Crippen LogP contribution in [0.2, 0.25) is 0 Å². The van der Waals surface area contributed by atoms with Crippen LogP contribution in [0.25, 0.3) is 0 Å². The van der Waals surface area contributed by atoms with Crippen LogP contribution in [-0.2, 0) is 15.9 Å². The van der Waals surface area contributed by atoms with Crippen LogP contribution in [0.5, 0.6) is 0 Å². The summed E-state index contributed by atoms with van der Waals surface area (Å²) in [5.41, 5.74) is 5.57. The second kappa shape index (κ2) is 4.29. The Morgan fingerprint density at radius 1 is 1.28 bits per heavy atom. The Kier molecular flexibility index (Phi) is 3.21. The van der Waals surface area contributed by atoms with Crippen molar-refractivity contribution in [2.75, 3.05) is 0 Å². The average Bonchev–Trinajstić information content (AvgIpc) is 2.49. The van der Waals surface area contributed by atoms with Crippen LogP contribution in [0.4, 0.5) is 4.39 Å². The second-order valence-corrected chi connectivity index (χ2v) is 5.49. The van der Waals surface area contributed by atoms with Crippen LogP contribution in [-0.4, -0.2) is 23.3 Å².